The fourth-order valence-corrected chi connectivity index (χ4v) is 2.34. The van der Waals surface area contributed by atoms with Crippen LogP contribution in [0.4, 0.5) is 5.82 Å². The average molecular weight is 233 g/mol. The van der Waals surface area contributed by atoms with Crippen molar-refractivity contribution in [2.45, 2.75) is 33.7 Å². The van der Waals surface area contributed by atoms with E-state index in [1.807, 2.05) is 0 Å². The summed E-state index contributed by atoms with van der Waals surface area (Å²) in [6.07, 6.45) is 0. The summed E-state index contributed by atoms with van der Waals surface area (Å²) >= 11 is 0. The number of nitrogen functional groups attached to an aromatic ring is 1. The number of anilines is 1. The first-order valence-electron chi connectivity index (χ1n) is 5.80. The summed E-state index contributed by atoms with van der Waals surface area (Å²) in [5.74, 6) is 0.216. The molecule has 0 aromatic carbocycles. The summed E-state index contributed by atoms with van der Waals surface area (Å²) in [5.41, 5.74) is 6.19. The minimum Gasteiger partial charge on any atom is -0.384 e. The number of nitrogens with one attached hydrogen (secondary N) is 1. The van der Waals surface area contributed by atoms with Gasteiger partial charge >= 0.3 is 0 Å². The zero-order chi connectivity index (χ0) is 12.8. The van der Waals surface area contributed by atoms with Crippen LogP contribution in [0.3, 0.4) is 0 Å². The van der Waals surface area contributed by atoms with Crippen molar-refractivity contribution in [3.63, 3.8) is 0 Å². The molecule has 0 atom stereocenters. The average Bonchev–Trinajstić information content (AvgIpc) is 2.61. The Labute approximate surface area is 102 Å². The third-order valence-electron chi connectivity index (χ3n) is 4.30. The molecule has 17 heavy (non-hydrogen) atoms. The third-order valence-corrected chi connectivity index (χ3v) is 4.30. The molecule has 1 fully saturated rings. The number of hydrogen-bond donors (Lipinski definition) is 2. The van der Waals surface area contributed by atoms with E-state index in [1.54, 1.807) is 18.2 Å². The fraction of sp³-hybridized carbons (Fsp3) is 0.538. The molecule has 1 aromatic heterocycles. The smallest absolute Gasteiger partial charge is 0.270 e. The van der Waals surface area contributed by atoms with E-state index in [0.717, 1.165) is 0 Å². The number of hydrogen-bond acceptors (Lipinski definition) is 3. The molecular weight excluding hydrogens is 214 g/mol. The van der Waals surface area contributed by atoms with E-state index in [2.05, 4.69) is 38.0 Å². The van der Waals surface area contributed by atoms with Crippen molar-refractivity contribution in [1.29, 1.82) is 0 Å². The van der Waals surface area contributed by atoms with E-state index in [4.69, 9.17) is 5.73 Å². The molecular formula is C13H19N3O. The SMILES string of the molecule is CC1(C)C(NC(=O)c2cccc(N)n2)C1(C)C. The number of rotatable bonds is 2. The van der Waals surface area contributed by atoms with E-state index in [9.17, 15) is 4.79 Å². The molecule has 0 saturated heterocycles. The highest BCUT2D eigenvalue weighted by Gasteiger charge is 2.65. The van der Waals surface area contributed by atoms with Crippen molar-refractivity contribution in [2.75, 3.05) is 5.73 Å². The van der Waals surface area contributed by atoms with Gasteiger partial charge in [0.15, 0.2) is 0 Å². The van der Waals surface area contributed by atoms with Gasteiger partial charge in [-0.15, -0.1) is 0 Å². The zero-order valence-electron chi connectivity index (χ0n) is 10.7. The lowest BCUT2D eigenvalue weighted by Crippen LogP contribution is -2.30. The molecule has 1 amide bonds. The molecule has 3 N–H and O–H groups in total. The van der Waals surface area contributed by atoms with E-state index in [-0.39, 0.29) is 22.8 Å². The van der Waals surface area contributed by atoms with Gasteiger partial charge in [-0.25, -0.2) is 4.98 Å². The summed E-state index contributed by atoms with van der Waals surface area (Å²) < 4.78 is 0. The van der Waals surface area contributed by atoms with Crippen LogP contribution in [-0.4, -0.2) is 16.9 Å². The molecule has 1 heterocycles. The first kappa shape index (κ1) is 11.9. The molecule has 1 saturated carbocycles. The van der Waals surface area contributed by atoms with Crippen LogP contribution < -0.4 is 11.1 Å². The third kappa shape index (κ3) is 1.77. The van der Waals surface area contributed by atoms with E-state index >= 15 is 0 Å². The molecule has 92 valence electrons. The maximum absolute atomic E-state index is 12.0. The lowest BCUT2D eigenvalue weighted by Gasteiger charge is -2.06. The van der Waals surface area contributed by atoms with E-state index in [1.165, 1.54) is 0 Å². The quantitative estimate of drug-likeness (QED) is 0.818. The largest absolute Gasteiger partial charge is 0.384 e. The summed E-state index contributed by atoms with van der Waals surface area (Å²) in [5, 5.41) is 3.02. The number of aromatic nitrogens is 1. The van der Waals surface area contributed by atoms with E-state index < -0.39 is 0 Å². The Kier molecular flexibility index (Phi) is 2.42. The molecule has 0 unspecified atom stereocenters. The Balaban J connectivity index is 2.10. The minimum atomic E-state index is -0.152. The number of carbonyl (C=O) groups is 1. The summed E-state index contributed by atoms with van der Waals surface area (Å²) in [7, 11) is 0. The van der Waals surface area contributed by atoms with Gasteiger partial charge in [0.2, 0.25) is 0 Å². The van der Waals surface area contributed by atoms with E-state index in [0.29, 0.717) is 11.5 Å². The van der Waals surface area contributed by atoms with Crippen LogP contribution in [0.5, 0.6) is 0 Å². The molecule has 0 radical (unpaired) electrons. The summed E-state index contributed by atoms with van der Waals surface area (Å²) in [6.45, 7) is 8.63. The number of amides is 1. The molecule has 4 nitrogen and oxygen atoms in total. The number of nitrogens with two attached hydrogens (primary N) is 1. The lowest BCUT2D eigenvalue weighted by molar-refractivity contribution is 0.0939. The summed E-state index contributed by atoms with van der Waals surface area (Å²) in [6, 6.07) is 5.27. The van der Waals surface area contributed by atoms with Crippen LogP contribution in [0, 0.1) is 10.8 Å². The van der Waals surface area contributed by atoms with Crippen molar-refractivity contribution in [3.05, 3.63) is 23.9 Å². The van der Waals surface area contributed by atoms with Gasteiger partial charge in [0.1, 0.15) is 11.5 Å². The van der Waals surface area contributed by atoms with Gasteiger partial charge in [-0.2, -0.15) is 0 Å². The van der Waals surface area contributed by atoms with Crippen LogP contribution in [-0.2, 0) is 0 Å². The summed E-state index contributed by atoms with van der Waals surface area (Å²) in [4.78, 5) is 16.0. The van der Waals surface area contributed by atoms with Crippen molar-refractivity contribution >= 4 is 11.7 Å². The maximum Gasteiger partial charge on any atom is 0.270 e. The molecule has 0 aliphatic heterocycles. The Hall–Kier alpha value is -1.58. The van der Waals surface area contributed by atoms with Gasteiger partial charge < -0.3 is 11.1 Å². The van der Waals surface area contributed by atoms with Crippen LogP contribution >= 0.6 is 0 Å². The normalized spacial score (nSPS) is 20.9. The van der Waals surface area contributed by atoms with Crippen molar-refractivity contribution in [2.24, 2.45) is 10.8 Å². The fourth-order valence-electron chi connectivity index (χ4n) is 2.34. The Bertz CT molecular complexity index is 451. The number of carbonyl (C=O) groups excluding carboxylic acids is 1. The topological polar surface area (TPSA) is 68.0 Å². The van der Waals surface area contributed by atoms with Crippen molar-refractivity contribution < 1.29 is 4.79 Å². The Morgan fingerprint density at radius 1 is 1.29 bits per heavy atom. The maximum atomic E-state index is 12.0. The molecule has 2 rings (SSSR count). The highest BCUT2D eigenvalue weighted by Crippen LogP contribution is 2.62. The van der Waals surface area contributed by atoms with Gasteiger partial charge in [-0.05, 0) is 23.0 Å². The van der Waals surface area contributed by atoms with Gasteiger partial charge in [0.05, 0.1) is 0 Å². The van der Waals surface area contributed by atoms with Crippen LogP contribution in [0.25, 0.3) is 0 Å². The highest BCUT2D eigenvalue weighted by atomic mass is 16.2. The number of nitrogens with zero attached hydrogens (tertiary/aromatic N) is 1. The molecule has 1 aliphatic carbocycles. The molecule has 4 heteroatoms. The predicted molar refractivity (Wildman–Crippen MR) is 67.5 cm³/mol. The van der Waals surface area contributed by atoms with Crippen LogP contribution in [0.2, 0.25) is 0 Å². The second-order valence-electron chi connectivity index (χ2n) is 5.80. The first-order valence-corrected chi connectivity index (χ1v) is 5.80. The lowest BCUT2D eigenvalue weighted by atomic mass is 10.0. The monoisotopic (exact) mass is 233 g/mol. The number of pyridine rings is 1. The zero-order valence-corrected chi connectivity index (χ0v) is 10.7. The van der Waals surface area contributed by atoms with Gasteiger partial charge in [0, 0.05) is 6.04 Å². The van der Waals surface area contributed by atoms with Crippen LogP contribution in [0.15, 0.2) is 18.2 Å². The van der Waals surface area contributed by atoms with Crippen LogP contribution in [0.1, 0.15) is 38.2 Å². The van der Waals surface area contributed by atoms with Gasteiger partial charge in [-0.3, -0.25) is 4.79 Å². The highest BCUT2D eigenvalue weighted by molar-refractivity contribution is 5.93. The van der Waals surface area contributed by atoms with Gasteiger partial charge in [-0.1, -0.05) is 33.8 Å². The van der Waals surface area contributed by atoms with Gasteiger partial charge in [0.25, 0.3) is 5.91 Å². The second-order valence-corrected chi connectivity index (χ2v) is 5.80. The second kappa shape index (κ2) is 3.45. The Morgan fingerprint density at radius 2 is 1.88 bits per heavy atom. The van der Waals surface area contributed by atoms with Crippen molar-refractivity contribution in [1.82, 2.24) is 10.3 Å². The molecule has 0 bridgehead atoms. The Morgan fingerprint density at radius 3 is 2.35 bits per heavy atom. The van der Waals surface area contributed by atoms with Crippen molar-refractivity contribution in [3.8, 4) is 0 Å². The first-order chi connectivity index (χ1) is 7.76. The molecule has 0 spiro atoms. The standard InChI is InChI=1S/C13H19N3O/c1-12(2)11(13(12,3)4)16-10(17)8-6-5-7-9(14)15-8/h5-7,11H,1-4H3,(H2,14,15)(H,16,17). The minimum absolute atomic E-state index is 0.128. The predicted octanol–water partition coefficient (Wildman–Crippen LogP) is 1.83. The molecule has 1 aliphatic rings. The molecule has 1 aromatic rings.